The fourth-order valence-corrected chi connectivity index (χ4v) is 0.927. The molecule has 0 aromatic rings. The zero-order chi connectivity index (χ0) is 13.6. The van der Waals surface area contributed by atoms with Crippen LogP contribution in [0.2, 0.25) is 0 Å². The number of ether oxygens (including phenoxy) is 2. The lowest BCUT2D eigenvalue weighted by Crippen LogP contribution is -2.43. The summed E-state index contributed by atoms with van der Waals surface area (Å²) in [5.74, 6) is -0.454. The highest BCUT2D eigenvalue weighted by Gasteiger charge is 2.22. The maximum absolute atomic E-state index is 11.5. The van der Waals surface area contributed by atoms with Crippen molar-refractivity contribution in [1.82, 2.24) is 5.32 Å². The van der Waals surface area contributed by atoms with E-state index in [9.17, 15) is 9.59 Å². The van der Waals surface area contributed by atoms with E-state index in [-0.39, 0.29) is 6.10 Å². The molecule has 0 aromatic carbocycles. The van der Waals surface area contributed by atoms with E-state index >= 15 is 0 Å². The van der Waals surface area contributed by atoms with Crippen LogP contribution in [0.4, 0.5) is 4.79 Å². The third-order valence-electron chi connectivity index (χ3n) is 1.98. The Hall–Kier alpha value is -1.26. The van der Waals surface area contributed by atoms with Gasteiger partial charge in [0.2, 0.25) is 0 Å². The summed E-state index contributed by atoms with van der Waals surface area (Å²) in [6, 6.07) is -0.709. The smallest absolute Gasteiger partial charge is 0.408 e. The lowest BCUT2D eigenvalue weighted by Gasteiger charge is -2.22. The predicted octanol–water partition coefficient (Wildman–Crippen LogP) is 2.24. The van der Waals surface area contributed by atoms with Gasteiger partial charge >= 0.3 is 12.1 Å². The maximum atomic E-state index is 11.5. The van der Waals surface area contributed by atoms with Crippen molar-refractivity contribution in [1.29, 1.82) is 0 Å². The number of carbonyl (C=O) groups is 2. The molecule has 1 amide bonds. The first-order valence-corrected chi connectivity index (χ1v) is 5.85. The van der Waals surface area contributed by atoms with Gasteiger partial charge in [0.1, 0.15) is 11.6 Å². The van der Waals surface area contributed by atoms with Gasteiger partial charge in [0.15, 0.2) is 0 Å². The largest absolute Gasteiger partial charge is 0.461 e. The van der Waals surface area contributed by atoms with Crippen molar-refractivity contribution in [2.45, 2.75) is 65.7 Å². The highest BCUT2D eigenvalue weighted by Crippen LogP contribution is 2.07. The van der Waals surface area contributed by atoms with Gasteiger partial charge in [-0.05, 0) is 41.0 Å². The summed E-state index contributed by atoms with van der Waals surface area (Å²) in [6.07, 6.45) is -0.0262. The van der Waals surface area contributed by atoms with E-state index in [0.29, 0.717) is 0 Å². The van der Waals surface area contributed by atoms with Gasteiger partial charge < -0.3 is 14.8 Å². The summed E-state index contributed by atoms with van der Waals surface area (Å²) in [5, 5.41) is 2.43. The second-order valence-electron chi connectivity index (χ2n) is 5.02. The first-order valence-electron chi connectivity index (χ1n) is 5.85. The summed E-state index contributed by atoms with van der Waals surface area (Å²) in [6.45, 7) is 10.6. The Morgan fingerprint density at radius 2 is 1.76 bits per heavy atom. The molecule has 0 aliphatic carbocycles. The van der Waals surface area contributed by atoms with Crippen LogP contribution < -0.4 is 5.32 Å². The fourth-order valence-electron chi connectivity index (χ4n) is 0.927. The Bertz CT molecular complexity index is 270. The SMILES string of the molecule is CC[C@@H](C)OC(=O)[C@H](C)NC(=O)OC(C)(C)C. The minimum atomic E-state index is -0.709. The predicted molar refractivity (Wildman–Crippen MR) is 64.7 cm³/mol. The molecule has 5 nitrogen and oxygen atoms in total. The molecule has 0 saturated heterocycles. The van der Waals surface area contributed by atoms with Gasteiger partial charge in [-0.15, -0.1) is 0 Å². The molecule has 0 unspecified atom stereocenters. The summed E-state index contributed by atoms with van der Waals surface area (Å²) in [4.78, 5) is 22.9. The van der Waals surface area contributed by atoms with E-state index in [4.69, 9.17) is 9.47 Å². The monoisotopic (exact) mass is 245 g/mol. The zero-order valence-corrected chi connectivity index (χ0v) is 11.5. The standard InChI is InChI=1S/C12H23NO4/c1-7-8(2)16-10(14)9(3)13-11(15)17-12(4,5)6/h8-9H,7H2,1-6H3,(H,13,15)/t8-,9+/m1/s1. The van der Waals surface area contributed by atoms with E-state index in [1.165, 1.54) is 0 Å². The topological polar surface area (TPSA) is 64.6 Å². The Balaban J connectivity index is 4.12. The summed E-state index contributed by atoms with van der Waals surface area (Å²) in [5.41, 5.74) is -0.579. The number of carbonyl (C=O) groups excluding carboxylic acids is 2. The van der Waals surface area contributed by atoms with Gasteiger partial charge in [0.05, 0.1) is 6.10 Å². The van der Waals surface area contributed by atoms with Gasteiger partial charge in [-0.2, -0.15) is 0 Å². The first-order chi connectivity index (χ1) is 7.65. The number of hydrogen-bond acceptors (Lipinski definition) is 4. The zero-order valence-electron chi connectivity index (χ0n) is 11.5. The Morgan fingerprint density at radius 3 is 2.18 bits per heavy atom. The minimum Gasteiger partial charge on any atom is -0.461 e. The van der Waals surface area contributed by atoms with Crippen molar-refractivity contribution >= 4 is 12.1 Å². The van der Waals surface area contributed by atoms with Crippen LogP contribution in [-0.4, -0.2) is 29.8 Å². The van der Waals surface area contributed by atoms with E-state index in [1.54, 1.807) is 34.6 Å². The molecule has 0 bridgehead atoms. The molecule has 0 saturated carbocycles. The highest BCUT2D eigenvalue weighted by molar-refractivity contribution is 5.81. The Labute approximate surface area is 103 Å². The molecule has 2 atom stereocenters. The third-order valence-corrected chi connectivity index (χ3v) is 1.98. The highest BCUT2D eigenvalue weighted by atomic mass is 16.6. The van der Waals surface area contributed by atoms with Crippen LogP contribution in [0.15, 0.2) is 0 Å². The van der Waals surface area contributed by atoms with Gasteiger partial charge in [0, 0.05) is 0 Å². The summed E-state index contributed by atoms with van der Waals surface area (Å²) in [7, 11) is 0. The average Bonchev–Trinajstić information content (AvgIpc) is 2.14. The van der Waals surface area contributed by atoms with Crippen molar-refractivity contribution in [2.24, 2.45) is 0 Å². The molecule has 0 heterocycles. The molecule has 5 heteroatoms. The number of amides is 1. The lowest BCUT2D eigenvalue weighted by molar-refractivity contribution is -0.150. The summed E-state index contributed by atoms with van der Waals surface area (Å²) < 4.78 is 10.1. The van der Waals surface area contributed by atoms with Crippen molar-refractivity contribution < 1.29 is 19.1 Å². The Kier molecular flexibility index (Phi) is 5.99. The van der Waals surface area contributed by atoms with Crippen LogP contribution in [0.25, 0.3) is 0 Å². The second-order valence-corrected chi connectivity index (χ2v) is 5.02. The van der Waals surface area contributed by atoms with Crippen molar-refractivity contribution in [3.63, 3.8) is 0 Å². The molecule has 0 fully saturated rings. The quantitative estimate of drug-likeness (QED) is 0.771. The van der Waals surface area contributed by atoms with E-state index in [2.05, 4.69) is 5.32 Å². The van der Waals surface area contributed by atoms with E-state index in [1.807, 2.05) is 6.92 Å². The van der Waals surface area contributed by atoms with Crippen LogP contribution in [-0.2, 0) is 14.3 Å². The Morgan fingerprint density at radius 1 is 1.24 bits per heavy atom. The third kappa shape index (κ3) is 7.60. The minimum absolute atomic E-state index is 0.148. The van der Waals surface area contributed by atoms with Crippen molar-refractivity contribution in [2.75, 3.05) is 0 Å². The van der Waals surface area contributed by atoms with Crippen molar-refractivity contribution in [3.8, 4) is 0 Å². The van der Waals surface area contributed by atoms with Crippen molar-refractivity contribution in [3.05, 3.63) is 0 Å². The molecule has 1 N–H and O–H groups in total. The van der Waals surface area contributed by atoms with Crippen LogP contribution in [0.3, 0.4) is 0 Å². The number of nitrogens with one attached hydrogen (secondary N) is 1. The second kappa shape index (κ2) is 6.47. The van der Waals surface area contributed by atoms with Crippen LogP contribution in [0.5, 0.6) is 0 Å². The lowest BCUT2D eigenvalue weighted by atomic mass is 10.2. The van der Waals surface area contributed by atoms with Gasteiger partial charge in [-0.1, -0.05) is 6.92 Å². The number of alkyl carbamates (subject to hydrolysis) is 1. The van der Waals surface area contributed by atoms with Crippen LogP contribution in [0.1, 0.15) is 48.0 Å². The molecule has 0 radical (unpaired) electrons. The summed E-state index contributed by atoms with van der Waals surface area (Å²) >= 11 is 0. The van der Waals surface area contributed by atoms with Gasteiger partial charge in [0.25, 0.3) is 0 Å². The fraction of sp³-hybridized carbons (Fsp3) is 0.833. The first kappa shape index (κ1) is 15.7. The molecule has 0 aliphatic heterocycles. The van der Waals surface area contributed by atoms with Crippen LogP contribution >= 0.6 is 0 Å². The molecule has 17 heavy (non-hydrogen) atoms. The number of esters is 1. The van der Waals surface area contributed by atoms with Gasteiger partial charge in [-0.3, -0.25) is 0 Å². The molecule has 100 valence electrons. The normalized spacial score (nSPS) is 14.7. The van der Waals surface area contributed by atoms with E-state index in [0.717, 1.165) is 6.42 Å². The van der Waals surface area contributed by atoms with E-state index < -0.39 is 23.7 Å². The molecule has 0 aliphatic rings. The average molecular weight is 245 g/mol. The number of hydrogen-bond donors (Lipinski definition) is 1. The molecule has 0 rings (SSSR count). The van der Waals surface area contributed by atoms with Crippen LogP contribution in [0, 0.1) is 0 Å². The molecular formula is C12H23NO4. The molecule has 0 aromatic heterocycles. The maximum Gasteiger partial charge on any atom is 0.408 e. The van der Waals surface area contributed by atoms with Gasteiger partial charge in [-0.25, -0.2) is 9.59 Å². The number of rotatable bonds is 4. The molecular weight excluding hydrogens is 222 g/mol. The molecule has 0 spiro atoms.